The van der Waals surface area contributed by atoms with Gasteiger partial charge in [0.05, 0.1) is 25.1 Å². The molecule has 0 N–H and O–H groups in total. The summed E-state index contributed by atoms with van der Waals surface area (Å²) < 4.78 is 13.2. The minimum absolute atomic E-state index is 0.0129. The van der Waals surface area contributed by atoms with Crippen molar-refractivity contribution < 1.29 is 9.18 Å². The number of halogens is 6. The SMILES string of the molecule is O=Cc1cc(F)ccc1-c1c(Cl)c(Cl)c(Cl)c(Cl)c1Cl. The van der Waals surface area contributed by atoms with Crippen molar-refractivity contribution in [3.63, 3.8) is 0 Å². The maximum atomic E-state index is 13.2. The van der Waals surface area contributed by atoms with Crippen molar-refractivity contribution in [2.24, 2.45) is 0 Å². The Balaban J connectivity index is 2.87. The number of carbonyl (C=O) groups is 1. The number of rotatable bonds is 2. The Bertz CT molecular complexity index is 685. The molecule has 7 heteroatoms. The summed E-state index contributed by atoms with van der Waals surface area (Å²) in [6.07, 6.45) is 0.488. The zero-order valence-electron chi connectivity index (χ0n) is 9.49. The molecule has 0 saturated heterocycles. The van der Waals surface area contributed by atoms with Gasteiger partial charge in [0.1, 0.15) is 5.82 Å². The minimum atomic E-state index is -0.561. The first kappa shape index (κ1) is 15.9. The van der Waals surface area contributed by atoms with E-state index in [1.165, 1.54) is 12.1 Å². The lowest BCUT2D eigenvalue weighted by molar-refractivity contribution is 0.112. The molecule has 2 aromatic rings. The molecule has 0 radical (unpaired) electrons. The van der Waals surface area contributed by atoms with Crippen LogP contribution in [0.25, 0.3) is 11.1 Å². The van der Waals surface area contributed by atoms with Crippen LogP contribution in [0.5, 0.6) is 0 Å². The Hall–Kier alpha value is -0.510. The predicted molar refractivity (Wildman–Crippen MR) is 82.3 cm³/mol. The van der Waals surface area contributed by atoms with E-state index in [1.807, 2.05) is 0 Å². The van der Waals surface area contributed by atoms with Gasteiger partial charge in [-0.1, -0.05) is 64.1 Å². The molecule has 0 heterocycles. The first-order valence-corrected chi connectivity index (χ1v) is 7.04. The number of aldehydes is 1. The molecule has 0 aromatic heterocycles. The topological polar surface area (TPSA) is 17.1 Å². The van der Waals surface area contributed by atoms with Crippen molar-refractivity contribution in [2.75, 3.05) is 0 Å². The lowest BCUT2D eigenvalue weighted by Gasteiger charge is -2.14. The van der Waals surface area contributed by atoms with Crippen LogP contribution in [-0.2, 0) is 0 Å². The lowest BCUT2D eigenvalue weighted by atomic mass is 10.00. The zero-order valence-corrected chi connectivity index (χ0v) is 13.3. The summed E-state index contributed by atoms with van der Waals surface area (Å²) in [6, 6.07) is 3.60. The van der Waals surface area contributed by atoms with Crippen LogP contribution in [0.15, 0.2) is 18.2 Å². The van der Waals surface area contributed by atoms with E-state index in [0.717, 1.165) is 6.07 Å². The van der Waals surface area contributed by atoms with Crippen molar-refractivity contribution in [2.45, 2.75) is 0 Å². The molecule has 0 aliphatic carbocycles. The monoisotopic (exact) mass is 370 g/mol. The van der Waals surface area contributed by atoms with Gasteiger partial charge in [-0.15, -0.1) is 0 Å². The Morgan fingerprint density at radius 3 is 1.85 bits per heavy atom. The third kappa shape index (κ3) is 2.63. The smallest absolute Gasteiger partial charge is 0.150 e. The molecule has 2 rings (SSSR count). The molecule has 1 nitrogen and oxygen atoms in total. The summed E-state index contributed by atoms with van der Waals surface area (Å²) >= 11 is 30.0. The van der Waals surface area contributed by atoms with Crippen molar-refractivity contribution in [1.82, 2.24) is 0 Å². The predicted octanol–water partition coefficient (Wildman–Crippen LogP) is 6.57. The Labute approximate surface area is 139 Å². The number of hydrogen-bond donors (Lipinski definition) is 0. The quantitative estimate of drug-likeness (QED) is 0.331. The third-order valence-electron chi connectivity index (χ3n) is 2.62. The summed E-state index contributed by atoms with van der Waals surface area (Å²) in [5.74, 6) is -0.561. The highest BCUT2D eigenvalue weighted by atomic mass is 35.5. The van der Waals surface area contributed by atoms with Gasteiger partial charge in [-0.25, -0.2) is 4.39 Å². The second-order valence-electron chi connectivity index (χ2n) is 3.79. The van der Waals surface area contributed by atoms with E-state index in [-0.39, 0.29) is 36.2 Å². The van der Waals surface area contributed by atoms with Crippen molar-refractivity contribution in [3.8, 4) is 11.1 Å². The summed E-state index contributed by atoms with van der Waals surface area (Å²) in [5, 5.41) is 0.126. The Morgan fingerprint density at radius 1 is 0.850 bits per heavy atom. The minimum Gasteiger partial charge on any atom is -0.298 e. The number of carbonyl (C=O) groups excluding carboxylic acids is 1. The molecule has 104 valence electrons. The van der Waals surface area contributed by atoms with Crippen LogP contribution in [0.2, 0.25) is 25.1 Å². The Morgan fingerprint density at radius 2 is 1.35 bits per heavy atom. The van der Waals surface area contributed by atoms with E-state index in [9.17, 15) is 9.18 Å². The normalized spacial score (nSPS) is 10.7. The van der Waals surface area contributed by atoms with Gasteiger partial charge in [0.2, 0.25) is 0 Å². The fourth-order valence-corrected chi connectivity index (χ4v) is 3.04. The molecular weight excluding hydrogens is 368 g/mol. The molecule has 0 fully saturated rings. The maximum absolute atomic E-state index is 13.2. The van der Waals surface area contributed by atoms with Crippen LogP contribution >= 0.6 is 58.0 Å². The summed E-state index contributed by atoms with van der Waals surface area (Å²) in [7, 11) is 0. The second kappa shape index (κ2) is 6.08. The fraction of sp³-hybridized carbons (Fsp3) is 0. The molecule has 2 aromatic carbocycles. The van der Waals surface area contributed by atoms with Crippen molar-refractivity contribution in [1.29, 1.82) is 0 Å². The van der Waals surface area contributed by atoms with Gasteiger partial charge >= 0.3 is 0 Å². The number of hydrogen-bond acceptors (Lipinski definition) is 1. The molecule has 0 spiro atoms. The highest BCUT2D eigenvalue weighted by Gasteiger charge is 2.22. The van der Waals surface area contributed by atoms with E-state index in [4.69, 9.17) is 58.0 Å². The van der Waals surface area contributed by atoms with Gasteiger partial charge in [0.15, 0.2) is 6.29 Å². The van der Waals surface area contributed by atoms with E-state index in [1.54, 1.807) is 0 Å². The second-order valence-corrected chi connectivity index (χ2v) is 5.68. The average Bonchev–Trinajstić information content (AvgIpc) is 2.44. The van der Waals surface area contributed by atoms with E-state index >= 15 is 0 Å². The zero-order chi connectivity index (χ0) is 15.0. The number of benzene rings is 2. The van der Waals surface area contributed by atoms with E-state index < -0.39 is 5.82 Å². The first-order valence-electron chi connectivity index (χ1n) is 5.15. The standard InChI is InChI=1S/C13H4Cl5FO/c14-9-8(10(15)12(17)13(18)11(9)16)7-2-1-6(19)3-5(7)4-20/h1-4H. The maximum Gasteiger partial charge on any atom is 0.150 e. The average molecular weight is 372 g/mol. The molecule has 0 atom stereocenters. The van der Waals surface area contributed by atoms with Crippen LogP contribution in [0, 0.1) is 5.82 Å². The van der Waals surface area contributed by atoms with E-state index in [0.29, 0.717) is 11.8 Å². The first-order chi connectivity index (χ1) is 9.38. The molecular formula is C13H4Cl5FO. The van der Waals surface area contributed by atoms with E-state index in [2.05, 4.69) is 0 Å². The van der Waals surface area contributed by atoms with Crippen LogP contribution in [0.3, 0.4) is 0 Å². The van der Waals surface area contributed by atoms with Gasteiger partial charge in [-0.05, 0) is 17.7 Å². The Kier molecular flexibility index (Phi) is 4.83. The summed E-state index contributed by atoms with van der Waals surface area (Å²) in [4.78, 5) is 11.1. The van der Waals surface area contributed by atoms with Crippen LogP contribution < -0.4 is 0 Å². The fourth-order valence-electron chi connectivity index (χ4n) is 1.70. The van der Waals surface area contributed by atoms with Crippen LogP contribution in [0.1, 0.15) is 10.4 Å². The molecule has 0 bridgehead atoms. The van der Waals surface area contributed by atoms with Crippen molar-refractivity contribution in [3.05, 3.63) is 54.7 Å². The summed E-state index contributed by atoms with van der Waals surface area (Å²) in [5.41, 5.74) is 0.620. The molecule has 0 amide bonds. The molecule has 0 saturated carbocycles. The molecule has 20 heavy (non-hydrogen) atoms. The third-order valence-corrected chi connectivity index (χ3v) is 4.90. The van der Waals surface area contributed by atoms with Gasteiger partial charge < -0.3 is 0 Å². The van der Waals surface area contributed by atoms with Gasteiger partial charge in [0.25, 0.3) is 0 Å². The molecule has 0 unspecified atom stereocenters. The van der Waals surface area contributed by atoms with Crippen LogP contribution in [0.4, 0.5) is 4.39 Å². The summed E-state index contributed by atoms with van der Waals surface area (Å²) in [6.45, 7) is 0. The van der Waals surface area contributed by atoms with Crippen molar-refractivity contribution >= 4 is 64.3 Å². The van der Waals surface area contributed by atoms with Gasteiger partial charge in [0, 0.05) is 11.1 Å². The van der Waals surface area contributed by atoms with Gasteiger partial charge in [-0.3, -0.25) is 4.79 Å². The van der Waals surface area contributed by atoms with Crippen LogP contribution in [-0.4, -0.2) is 6.29 Å². The van der Waals surface area contributed by atoms with Gasteiger partial charge in [-0.2, -0.15) is 0 Å². The highest BCUT2D eigenvalue weighted by molar-refractivity contribution is 6.56. The largest absolute Gasteiger partial charge is 0.298 e. The molecule has 0 aliphatic heterocycles. The molecule has 0 aliphatic rings. The lowest BCUT2D eigenvalue weighted by Crippen LogP contribution is -1.93. The highest BCUT2D eigenvalue weighted by Crippen LogP contribution is 2.48.